The second kappa shape index (κ2) is 8.26. The molecule has 0 spiro atoms. The molecular weight excluding hydrogens is 372 g/mol. The lowest BCUT2D eigenvalue weighted by Gasteiger charge is -2.34. The van der Waals surface area contributed by atoms with Gasteiger partial charge in [0, 0.05) is 13.1 Å². The summed E-state index contributed by atoms with van der Waals surface area (Å²) in [6.45, 7) is 6.17. The number of sulfonamides is 1. The number of nitrogens with zero attached hydrogens (tertiary/aromatic N) is 1. The number of rotatable bonds is 6. The Balaban J connectivity index is 2.39. The van der Waals surface area contributed by atoms with E-state index in [0.717, 1.165) is 6.42 Å². The fourth-order valence-corrected chi connectivity index (χ4v) is 5.09. The number of methoxy groups -OCH3 is 1. The normalized spacial score (nSPS) is 22.1. The average Bonchev–Trinajstić information content (AvgIpc) is 2.60. The molecule has 0 radical (unpaired) electrons. The third-order valence-corrected chi connectivity index (χ3v) is 6.39. The minimum Gasteiger partial charge on any atom is -0.495 e. The first-order chi connectivity index (χ1) is 12.6. The lowest BCUT2D eigenvalue weighted by atomic mass is 9.94. The van der Waals surface area contributed by atoms with E-state index in [2.05, 4.69) is 0 Å². The fraction of sp³-hybridized carbons (Fsp3) is 0.556. The first-order valence-corrected chi connectivity index (χ1v) is 10.2. The monoisotopic (exact) mass is 398 g/mol. The van der Waals surface area contributed by atoms with E-state index >= 15 is 0 Å². The van der Waals surface area contributed by atoms with Crippen LogP contribution in [0.3, 0.4) is 0 Å². The minimum atomic E-state index is -3.86. The highest BCUT2D eigenvalue weighted by Crippen LogP contribution is 2.32. The van der Waals surface area contributed by atoms with Crippen molar-refractivity contribution in [2.45, 2.75) is 38.2 Å². The van der Waals surface area contributed by atoms with Crippen molar-refractivity contribution in [1.29, 1.82) is 0 Å². The maximum atomic E-state index is 13.2. The number of nitrogens with two attached hydrogens (primary N) is 1. The highest BCUT2D eigenvalue weighted by Gasteiger charge is 2.34. The molecule has 1 aliphatic rings. The van der Waals surface area contributed by atoms with Crippen LogP contribution in [-0.2, 0) is 19.6 Å². The summed E-state index contributed by atoms with van der Waals surface area (Å²) in [5.74, 6) is -1.01. The Morgan fingerprint density at radius 3 is 2.33 bits per heavy atom. The molecule has 1 saturated heterocycles. The quantitative estimate of drug-likeness (QED) is 0.724. The summed E-state index contributed by atoms with van der Waals surface area (Å²) in [5, 5.41) is 0. The van der Waals surface area contributed by atoms with Gasteiger partial charge in [-0.2, -0.15) is 4.31 Å². The molecule has 27 heavy (non-hydrogen) atoms. The molecule has 1 fully saturated rings. The van der Waals surface area contributed by atoms with Crippen LogP contribution in [0.5, 0.6) is 5.75 Å². The third kappa shape index (κ3) is 4.78. The van der Waals surface area contributed by atoms with Crippen LogP contribution in [0.1, 0.15) is 37.6 Å². The van der Waals surface area contributed by atoms with Crippen LogP contribution in [0.25, 0.3) is 0 Å². The predicted octanol–water partition coefficient (Wildman–Crippen LogP) is 1.39. The maximum Gasteiger partial charge on any atom is 0.338 e. The standard InChI is InChI=1S/C18H26N2O6S/c1-11-7-12(2)10-20(9-11)27(23,24)16-8-14(5-6-15(16)25-4)18(22)26-13(3)17(19)21/h5-6,8,11-13H,7,9-10H2,1-4H3,(H2,19,21). The van der Waals surface area contributed by atoms with Crippen LogP contribution in [-0.4, -0.2) is 50.9 Å². The SMILES string of the molecule is COc1ccc(C(=O)OC(C)C(N)=O)cc1S(=O)(=O)N1CC(C)CC(C)C1. The molecule has 2 rings (SSSR count). The summed E-state index contributed by atoms with van der Waals surface area (Å²) in [6, 6.07) is 4.00. The zero-order valence-electron chi connectivity index (χ0n) is 16.0. The molecule has 1 heterocycles. The first kappa shape index (κ1) is 21.2. The number of hydrogen-bond acceptors (Lipinski definition) is 6. The van der Waals surface area contributed by atoms with E-state index in [9.17, 15) is 18.0 Å². The van der Waals surface area contributed by atoms with Crippen LogP contribution < -0.4 is 10.5 Å². The summed E-state index contributed by atoms with van der Waals surface area (Å²) < 4.78 is 37.9. The van der Waals surface area contributed by atoms with Crippen molar-refractivity contribution >= 4 is 21.9 Å². The molecule has 0 bridgehead atoms. The van der Waals surface area contributed by atoms with E-state index in [-0.39, 0.29) is 28.0 Å². The molecule has 150 valence electrons. The molecule has 9 heteroatoms. The van der Waals surface area contributed by atoms with Crippen molar-refractivity contribution < 1.29 is 27.5 Å². The van der Waals surface area contributed by atoms with Gasteiger partial charge in [-0.05, 0) is 43.4 Å². The van der Waals surface area contributed by atoms with Crippen molar-refractivity contribution in [3.8, 4) is 5.75 Å². The summed E-state index contributed by atoms with van der Waals surface area (Å²) in [5.41, 5.74) is 5.09. The lowest BCUT2D eigenvalue weighted by molar-refractivity contribution is -0.125. The number of amides is 1. The molecular formula is C18H26N2O6S. The highest BCUT2D eigenvalue weighted by atomic mass is 32.2. The van der Waals surface area contributed by atoms with E-state index in [1.807, 2.05) is 13.8 Å². The number of carbonyl (C=O) groups excluding carboxylic acids is 2. The number of hydrogen-bond donors (Lipinski definition) is 1. The molecule has 2 N–H and O–H groups in total. The Morgan fingerprint density at radius 1 is 1.22 bits per heavy atom. The number of benzene rings is 1. The van der Waals surface area contributed by atoms with Crippen LogP contribution in [0.2, 0.25) is 0 Å². The summed E-state index contributed by atoms with van der Waals surface area (Å²) in [4.78, 5) is 23.2. The van der Waals surface area contributed by atoms with Crippen molar-refractivity contribution in [2.75, 3.05) is 20.2 Å². The van der Waals surface area contributed by atoms with Gasteiger partial charge in [0.15, 0.2) is 6.10 Å². The van der Waals surface area contributed by atoms with Crippen molar-refractivity contribution in [2.24, 2.45) is 17.6 Å². The smallest absolute Gasteiger partial charge is 0.338 e. The predicted molar refractivity (Wildman–Crippen MR) is 98.8 cm³/mol. The van der Waals surface area contributed by atoms with Gasteiger partial charge in [0.2, 0.25) is 10.0 Å². The summed E-state index contributed by atoms with van der Waals surface area (Å²) in [7, 11) is -2.50. The number of primary amides is 1. The molecule has 8 nitrogen and oxygen atoms in total. The molecule has 1 aromatic carbocycles. The van der Waals surface area contributed by atoms with Crippen molar-refractivity contribution in [3.05, 3.63) is 23.8 Å². The molecule has 1 aromatic rings. The molecule has 0 aliphatic carbocycles. The van der Waals surface area contributed by atoms with E-state index in [1.54, 1.807) is 0 Å². The van der Waals surface area contributed by atoms with Crippen molar-refractivity contribution in [1.82, 2.24) is 4.31 Å². The summed E-state index contributed by atoms with van der Waals surface area (Å²) >= 11 is 0. The average molecular weight is 398 g/mol. The zero-order chi connectivity index (χ0) is 20.4. The molecule has 3 atom stereocenters. The number of carbonyl (C=O) groups is 2. The minimum absolute atomic E-state index is 0.000538. The van der Waals surface area contributed by atoms with E-state index < -0.39 is 28.0 Å². The highest BCUT2D eigenvalue weighted by molar-refractivity contribution is 7.89. The van der Waals surface area contributed by atoms with E-state index in [0.29, 0.717) is 13.1 Å². The second-order valence-corrected chi connectivity index (χ2v) is 8.99. The first-order valence-electron chi connectivity index (χ1n) is 8.74. The Hall–Kier alpha value is -2.13. The number of piperidine rings is 1. The van der Waals surface area contributed by atoms with Crippen LogP contribution >= 0.6 is 0 Å². The third-order valence-electron chi connectivity index (χ3n) is 4.54. The van der Waals surface area contributed by atoms with Gasteiger partial charge in [0.25, 0.3) is 5.91 Å². The van der Waals surface area contributed by atoms with Gasteiger partial charge >= 0.3 is 5.97 Å². The topological polar surface area (TPSA) is 116 Å². The molecule has 1 aliphatic heterocycles. The Labute approximate surface area is 159 Å². The van der Waals surface area contributed by atoms with E-state index in [4.69, 9.17) is 15.2 Å². The Morgan fingerprint density at radius 2 is 1.81 bits per heavy atom. The van der Waals surface area contributed by atoms with Crippen LogP contribution in [0.4, 0.5) is 0 Å². The second-order valence-electron chi connectivity index (χ2n) is 7.08. The maximum absolute atomic E-state index is 13.2. The molecule has 1 amide bonds. The van der Waals surface area contributed by atoms with Gasteiger partial charge < -0.3 is 15.2 Å². The van der Waals surface area contributed by atoms with Gasteiger partial charge in [0.05, 0.1) is 12.7 Å². The van der Waals surface area contributed by atoms with Gasteiger partial charge in [-0.15, -0.1) is 0 Å². The number of ether oxygens (including phenoxy) is 2. The molecule has 0 saturated carbocycles. The summed E-state index contributed by atoms with van der Waals surface area (Å²) in [6.07, 6.45) is -0.163. The van der Waals surface area contributed by atoms with Crippen LogP contribution in [0.15, 0.2) is 23.1 Å². The Bertz CT molecular complexity index is 813. The van der Waals surface area contributed by atoms with Gasteiger partial charge in [0.1, 0.15) is 10.6 Å². The van der Waals surface area contributed by atoms with Crippen LogP contribution in [0, 0.1) is 11.8 Å². The van der Waals surface area contributed by atoms with Gasteiger partial charge in [-0.3, -0.25) is 4.79 Å². The fourth-order valence-electron chi connectivity index (χ4n) is 3.23. The number of esters is 1. The lowest BCUT2D eigenvalue weighted by Crippen LogP contribution is -2.42. The van der Waals surface area contributed by atoms with E-state index in [1.165, 1.54) is 36.5 Å². The van der Waals surface area contributed by atoms with Gasteiger partial charge in [-0.1, -0.05) is 13.8 Å². The molecule has 0 aromatic heterocycles. The Kier molecular flexibility index (Phi) is 6.48. The van der Waals surface area contributed by atoms with Crippen molar-refractivity contribution in [3.63, 3.8) is 0 Å². The van der Waals surface area contributed by atoms with Gasteiger partial charge in [-0.25, -0.2) is 13.2 Å². The molecule has 3 unspecified atom stereocenters. The zero-order valence-corrected chi connectivity index (χ0v) is 16.8. The largest absolute Gasteiger partial charge is 0.495 e.